The van der Waals surface area contributed by atoms with Crippen LogP contribution in [0.15, 0.2) is 0 Å². The van der Waals surface area contributed by atoms with Gasteiger partial charge in [0.1, 0.15) is 0 Å². The fourth-order valence-corrected chi connectivity index (χ4v) is 17.8. The van der Waals surface area contributed by atoms with Gasteiger partial charge in [-0.1, -0.05) is 110 Å². The van der Waals surface area contributed by atoms with Gasteiger partial charge >= 0.3 is 8.56 Å². The van der Waals surface area contributed by atoms with Gasteiger partial charge in [0.2, 0.25) is 0 Å². The zero-order chi connectivity index (χ0) is 22.9. The predicted octanol–water partition coefficient (Wildman–Crippen LogP) is 10.0. The molecule has 0 fully saturated rings. The van der Waals surface area contributed by atoms with E-state index in [1.165, 1.54) is 109 Å². The highest BCUT2D eigenvalue weighted by Crippen LogP contribution is 2.25. The summed E-state index contributed by atoms with van der Waals surface area (Å²) < 4.78 is 13.0. The maximum Gasteiger partial charge on any atom is 0.311 e. The molecular formula is C25H58O2Si3. The minimum atomic E-state index is -1.96. The lowest BCUT2D eigenvalue weighted by molar-refractivity contribution is 0.390. The third-order valence-electron chi connectivity index (χ3n) is 5.71. The minimum absolute atomic E-state index is 1.29. The van der Waals surface area contributed by atoms with Crippen LogP contribution in [0.1, 0.15) is 110 Å². The lowest BCUT2D eigenvalue weighted by Gasteiger charge is -2.37. The number of hydrogen-bond donors (Lipinski definition) is 0. The molecule has 182 valence electrons. The monoisotopic (exact) mass is 474 g/mol. The summed E-state index contributed by atoms with van der Waals surface area (Å²) in [4.78, 5) is 0. The standard InChI is InChI=1S/C25H58O2Si3/c1-9-10-11-12-13-14-15-16-17-18-19-20-21-22-23-24-25-29(5,6)27-30(7,8)26-28(2,3)4/h9-25H2,1-8H3. The summed E-state index contributed by atoms with van der Waals surface area (Å²) in [7, 11) is -5.06. The molecule has 0 aromatic heterocycles. The highest BCUT2D eigenvalue weighted by Gasteiger charge is 2.37. The molecule has 0 rings (SSSR count). The lowest BCUT2D eigenvalue weighted by atomic mass is 10.0. The molecule has 0 atom stereocenters. The molecule has 0 spiro atoms. The van der Waals surface area contributed by atoms with Crippen LogP contribution >= 0.6 is 0 Å². The smallest absolute Gasteiger partial charge is 0.311 e. The second-order valence-electron chi connectivity index (χ2n) is 11.5. The molecule has 5 heteroatoms. The van der Waals surface area contributed by atoms with Crippen LogP contribution in [0.3, 0.4) is 0 Å². The Hall–Kier alpha value is 0.571. The topological polar surface area (TPSA) is 18.5 Å². The van der Waals surface area contributed by atoms with Gasteiger partial charge in [0, 0.05) is 0 Å². The van der Waals surface area contributed by atoms with Crippen LogP contribution in [0.5, 0.6) is 0 Å². The summed E-state index contributed by atoms with van der Waals surface area (Å²) in [5.41, 5.74) is 0. The number of rotatable bonds is 21. The van der Waals surface area contributed by atoms with E-state index in [9.17, 15) is 0 Å². The van der Waals surface area contributed by atoms with Gasteiger partial charge in [-0.15, -0.1) is 0 Å². The SMILES string of the molecule is CCCCCCCCCCCCCCCCCC[Si](C)(C)O[Si](C)(C)O[Si](C)(C)C. The molecule has 0 saturated heterocycles. The highest BCUT2D eigenvalue weighted by atomic mass is 28.5. The summed E-state index contributed by atoms with van der Waals surface area (Å²) in [5, 5.41) is 0. The van der Waals surface area contributed by atoms with Gasteiger partial charge in [0.05, 0.1) is 0 Å². The summed E-state index contributed by atoms with van der Waals surface area (Å²) >= 11 is 0. The molecule has 0 aromatic rings. The molecule has 0 aliphatic rings. The highest BCUT2D eigenvalue weighted by molar-refractivity contribution is 6.87. The average Bonchev–Trinajstić information content (AvgIpc) is 2.58. The van der Waals surface area contributed by atoms with Gasteiger partial charge in [-0.25, -0.2) is 0 Å². The number of unbranched alkanes of at least 4 members (excludes halogenated alkanes) is 15. The van der Waals surface area contributed by atoms with E-state index in [0.29, 0.717) is 0 Å². The first-order valence-corrected chi connectivity index (χ1v) is 22.7. The van der Waals surface area contributed by atoms with E-state index in [1.54, 1.807) is 0 Å². The minimum Gasteiger partial charge on any atom is -0.437 e. The van der Waals surface area contributed by atoms with Crippen molar-refractivity contribution in [2.45, 2.75) is 162 Å². The van der Waals surface area contributed by atoms with Crippen LogP contribution in [-0.2, 0) is 8.23 Å². The first kappa shape index (κ1) is 30.6. The Morgan fingerprint density at radius 1 is 0.433 bits per heavy atom. The molecule has 0 heterocycles. The van der Waals surface area contributed by atoms with Crippen LogP contribution in [0.2, 0.25) is 51.9 Å². The van der Waals surface area contributed by atoms with Crippen molar-refractivity contribution in [1.29, 1.82) is 0 Å². The Morgan fingerprint density at radius 2 is 0.767 bits per heavy atom. The second kappa shape index (κ2) is 17.1. The summed E-state index contributed by atoms with van der Waals surface area (Å²) in [6.07, 6.45) is 23.0. The Labute approximate surface area is 194 Å². The Morgan fingerprint density at radius 3 is 1.10 bits per heavy atom. The summed E-state index contributed by atoms with van der Waals surface area (Å²) in [6.45, 7) is 18.4. The number of hydrogen-bond acceptors (Lipinski definition) is 2. The third kappa shape index (κ3) is 21.8. The molecule has 30 heavy (non-hydrogen) atoms. The summed E-state index contributed by atoms with van der Waals surface area (Å²) in [6, 6.07) is 1.29. The molecule has 0 amide bonds. The van der Waals surface area contributed by atoms with Crippen molar-refractivity contribution in [3.63, 3.8) is 0 Å². The molecule has 0 aromatic carbocycles. The Bertz CT molecular complexity index is 392. The van der Waals surface area contributed by atoms with Crippen molar-refractivity contribution >= 4 is 25.2 Å². The zero-order valence-electron chi connectivity index (χ0n) is 22.3. The molecule has 0 bridgehead atoms. The lowest BCUT2D eigenvalue weighted by Crippen LogP contribution is -2.51. The van der Waals surface area contributed by atoms with E-state index in [2.05, 4.69) is 52.8 Å². The van der Waals surface area contributed by atoms with Crippen LogP contribution in [0.4, 0.5) is 0 Å². The molecular weight excluding hydrogens is 417 g/mol. The van der Waals surface area contributed by atoms with Crippen LogP contribution in [-0.4, -0.2) is 25.2 Å². The van der Waals surface area contributed by atoms with Crippen molar-refractivity contribution in [2.24, 2.45) is 0 Å². The first-order valence-electron chi connectivity index (χ1n) is 13.4. The van der Waals surface area contributed by atoms with E-state index in [1.807, 2.05) is 0 Å². The first-order chi connectivity index (χ1) is 14.0. The van der Waals surface area contributed by atoms with Gasteiger partial charge in [0.25, 0.3) is 0 Å². The van der Waals surface area contributed by atoms with Gasteiger partial charge in [-0.2, -0.15) is 0 Å². The van der Waals surface area contributed by atoms with Crippen LogP contribution in [0.25, 0.3) is 0 Å². The van der Waals surface area contributed by atoms with Crippen molar-refractivity contribution in [2.75, 3.05) is 0 Å². The summed E-state index contributed by atoms with van der Waals surface area (Å²) in [5.74, 6) is 0. The fourth-order valence-electron chi connectivity index (χ4n) is 4.57. The van der Waals surface area contributed by atoms with Gasteiger partial charge in [0.15, 0.2) is 16.6 Å². The van der Waals surface area contributed by atoms with E-state index in [-0.39, 0.29) is 0 Å². The molecule has 0 aliphatic heterocycles. The molecule has 2 nitrogen and oxygen atoms in total. The Kier molecular flexibility index (Phi) is 17.4. The molecule has 0 unspecified atom stereocenters. The van der Waals surface area contributed by atoms with Crippen molar-refractivity contribution in [1.82, 2.24) is 0 Å². The van der Waals surface area contributed by atoms with E-state index in [4.69, 9.17) is 8.23 Å². The zero-order valence-corrected chi connectivity index (χ0v) is 25.3. The molecule has 0 saturated carbocycles. The van der Waals surface area contributed by atoms with Crippen molar-refractivity contribution in [3.05, 3.63) is 0 Å². The predicted molar refractivity (Wildman–Crippen MR) is 145 cm³/mol. The van der Waals surface area contributed by atoms with E-state index < -0.39 is 25.2 Å². The van der Waals surface area contributed by atoms with Gasteiger partial charge < -0.3 is 8.23 Å². The van der Waals surface area contributed by atoms with Crippen molar-refractivity contribution < 1.29 is 8.23 Å². The third-order valence-corrected chi connectivity index (χ3v) is 15.9. The average molecular weight is 475 g/mol. The largest absolute Gasteiger partial charge is 0.437 e. The maximum absolute atomic E-state index is 6.62. The molecule has 0 aliphatic carbocycles. The maximum atomic E-state index is 6.62. The fraction of sp³-hybridized carbons (Fsp3) is 1.00. The van der Waals surface area contributed by atoms with Crippen LogP contribution < -0.4 is 0 Å². The molecule has 0 radical (unpaired) electrons. The van der Waals surface area contributed by atoms with Gasteiger partial charge in [-0.05, 0) is 51.9 Å². The normalized spacial score (nSPS) is 13.2. The molecule has 0 N–H and O–H groups in total. The Balaban J connectivity index is 3.52. The van der Waals surface area contributed by atoms with E-state index in [0.717, 1.165) is 0 Å². The van der Waals surface area contributed by atoms with E-state index >= 15 is 0 Å². The quantitative estimate of drug-likeness (QED) is 0.122. The van der Waals surface area contributed by atoms with Gasteiger partial charge in [-0.3, -0.25) is 0 Å². The second-order valence-corrected chi connectivity index (χ2v) is 24.2. The van der Waals surface area contributed by atoms with Crippen molar-refractivity contribution in [3.8, 4) is 0 Å². The van der Waals surface area contributed by atoms with Crippen LogP contribution in [0, 0.1) is 0 Å².